The molecule has 0 aliphatic rings. The lowest BCUT2D eigenvalue weighted by molar-refractivity contribution is 0.286. The Balaban J connectivity index is 1.78. The number of rotatable bonds is 6. The minimum Gasteiger partial charge on any atom is -0.493 e. The van der Waals surface area contributed by atoms with Crippen LogP contribution in [0.1, 0.15) is 12.2 Å². The second-order valence-electron chi connectivity index (χ2n) is 3.57. The second-order valence-corrected chi connectivity index (χ2v) is 3.57. The summed E-state index contributed by atoms with van der Waals surface area (Å²) in [4.78, 5) is 3.86. The maximum absolute atomic E-state index is 5.64. The van der Waals surface area contributed by atoms with Crippen LogP contribution >= 0.6 is 0 Å². The number of oxazole rings is 1. The summed E-state index contributed by atoms with van der Waals surface area (Å²) in [6, 6.07) is 7.62. The van der Waals surface area contributed by atoms with Gasteiger partial charge >= 0.3 is 0 Å². The number of benzene rings is 1. The molecule has 1 aromatic carbocycles. The molecule has 90 valence electrons. The Bertz CT molecular complexity index is 440. The average Bonchev–Trinajstić information content (AvgIpc) is 2.88. The summed E-state index contributed by atoms with van der Waals surface area (Å²) in [6.07, 6.45) is 4.88. The number of hydrogen-bond donors (Lipinski definition) is 0. The van der Waals surface area contributed by atoms with Crippen LogP contribution in [0.5, 0.6) is 11.5 Å². The van der Waals surface area contributed by atoms with Crippen molar-refractivity contribution in [2.45, 2.75) is 12.8 Å². The van der Waals surface area contributed by atoms with Crippen LogP contribution < -0.4 is 9.47 Å². The highest BCUT2D eigenvalue weighted by molar-refractivity contribution is 5.39. The SMILES string of the molecule is COc1ccccc1OCCCc1cnco1. The number of ether oxygens (including phenoxy) is 2. The molecule has 0 fully saturated rings. The lowest BCUT2D eigenvalue weighted by Gasteiger charge is -2.09. The van der Waals surface area contributed by atoms with E-state index in [-0.39, 0.29) is 0 Å². The van der Waals surface area contributed by atoms with Gasteiger partial charge in [0, 0.05) is 6.42 Å². The molecular formula is C13H15NO3. The Hall–Kier alpha value is -1.97. The standard InChI is InChI=1S/C13H15NO3/c1-15-12-6-2-3-7-13(12)16-8-4-5-11-9-14-10-17-11/h2-3,6-7,9-10H,4-5,8H2,1H3. The predicted molar refractivity (Wildman–Crippen MR) is 63.3 cm³/mol. The molecule has 0 aliphatic carbocycles. The first kappa shape index (κ1) is 11.5. The fourth-order valence-electron chi connectivity index (χ4n) is 1.53. The van der Waals surface area contributed by atoms with Crippen LogP contribution in [0, 0.1) is 0 Å². The topological polar surface area (TPSA) is 44.5 Å². The Morgan fingerprint density at radius 3 is 2.76 bits per heavy atom. The first-order chi connectivity index (χ1) is 8.40. The van der Waals surface area contributed by atoms with Gasteiger partial charge in [-0.25, -0.2) is 4.98 Å². The van der Waals surface area contributed by atoms with Gasteiger partial charge in [0.1, 0.15) is 5.76 Å². The quantitative estimate of drug-likeness (QED) is 0.719. The third kappa shape index (κ3) is 3.24. The van der Waals surface area contributed by atoms with Crippen molar-refractivity contribution in [1.29, 1.82) is 0 Å². The van der Waals surface area contributed by atoms with E-state index in [4.69, 9.17) is 13.9 Å². The van der Waals surface area contributed by atoms with E-state index >= 15 is 0 Å². The van der Waals surface area contributed by atoms with Crippen LogP contribution in [0.2, 0.25) is 0 Å². The fraction of sp³-hybridized carbons (Fsp3) is 0.308. The molecule has 1 heterocycles. The first-order valence-corrected chi connectivity index (χ1v) is 5.53. The van der Waals surface area contributed by atoms with E-state index in [0.29, 0.717) is 6.61 Å². The summed E-state index contributed by atoms with van der Waals surface area (Å²) in [5, 5.41) is 0. The third-order valence-corrected chi connectivity index (χ3v) is 2.38. The fourth-order valence-corrected chi connectivity index (χ4v) is 1.53. The normalized spacial score (nSPS) is 10.2. The Morgan fingerprint density at radius 1 is 1.24 bits per heavy atom. The van der Waals surface area contributed by atoms with Crippen molar-refractivity contribution in [3.05, 3.63) is 42.6 Å². The highest BCUT2D eigenvalue weighted by atomic mass is 16.5. The molecule has 0 amide bonds. The van der Waals surface area contributed by atoms with Crippen LogP contribution in [0.4, 0.5) is 0 Å². The van der Waals surface area contributed by atoms with Crippen molar-refractivity contribution < 1.29 is 13.9 Å². The van der Waals surface area contributed by atoms with Gasteiger partial charge in [0.05, 0.1) is 19.9 Å². The summed E-state index contributed by atoms with van der Waals surface area (Å²) in [5.74, 6) is 2.41. The van der Waals surface area contributed by atoms with Crippen LogP contribution in [-0.4, -0.2) is 18.7 Å². The Kier molecular flexibility index (Phi) is 4.02. The highest BCUT2D eigenvalue weighted by Crippen LogP contribution is 2.25. The maximum Gasteiger partial charge on any atom is 0.180 e. The largest absolute Gasteiger partial charge is 0.493 e. The van der Waals surface area contributed by atoms with Gasteiger partial charge in [-0.05, 0) is 18.6 Å². The smallest absolute Gasteiger partial charge is 0.180 e. The number of hydrogen-bond acceptors (Lipinski definition) is 4. The predicted octanol–water partition coefficient (Wildman–Crippen LogP) is 2.69. The van der Waals surface area contributed by atoms with Gasteiger partial charge in [-0.1, -0.05) is 12.1 Å². The minimum atomic E-state index is 0.626. The van der Waals surface area contributed by atoms with Crippen molar-refractivity contribution in [3.8, 4) is 11.5 Å². The number of aromatic nitrogens is 1. The zero-order chi connectivity index (χ0) is 11.9. The number of para-hydroxylation sites is 2. The summed E-state index contributed by atoms with van der Waals surface area (Å²) in [5.41, 5.74) is 0. The average molecular weight is 233 g/mol. The molecule has 1 aromatic heterocycles. The van der Waals surface area contributed by atoms with E-state index in [1.807, 2.05) is 24.3 Å². The van der Waals surface area contributed by atoms with Crippen molar-refractivity contribution >= 4 is 0 Å². The molecule has 0 bridgehead atoms. The van der Waals surface area contributed by atoms with Gasteiger partial charge in [-0.2, -0.15) is 0 Å². The molecule has 0 radical (unpaired) electrons. The Morgan fingerprint density at radius 2 is 2.06 bits per heavy atom. The monoisotopic (exact) mass is 233 g/mol. The van der Waals surface area contributed by atoms with Crippen LogP contribution in [0.15, 0.2) is 41.3 Å². The second kappa shape index (κ2) is 5.94. The van der Waals surface area contributed by atoms with Gasteiger partial charge in [0.15, 0.2) is 17.9 Å². The zero-order valence-corrected chi connectivity index (χ0v) is 9.76. The molecule has 0 unspecified atom stereocenters. The summed E-state index contributed by atoms with van der Waals surface area (Å²) in [6.45, 7) is 0.626. The number of nitrogens with zero attached hydrogens (tertiary/aromatic N) is 1. The van der Waals surface area contributed by atoms with Crippen LogP contribution in [-0.2, 0) is 6.42 Å². The molecular weight excluding hydrogens is 218 g/mol. The van der Waals surface area contributed by atoms with Gasteiger partial charge in [0.25, 0.3) is 0 Å². The Labute approximate surface area is 100 Å². The van der Waals surface area contributed by atoms with E-state index in [1.54, 1.807) is 13.3 Å². The van der Waals surface area contributed by atoms with Gasteiger partial charge in [0.2, 0.25) is 0 Å². The molecule has 2 rings (SSSR count). The van der Waals surface area contributed by atoms with Crippen molar-refractivity contribution in [2.75, 3.05) is 13.7 Å². The summed E-state index contributed by atoms with van der Waals surface area (Å²) in [7, 11) is 1.64. The number of aryl methyl sites for hydroxylation is 1. The van der Waals surface area contributed by atoms with Crippen LogP contribution in [0.25, 0.3) is 0 Å². The maximum atomic E-state index is 5.64. The third-order valence-electron chi connectivity index (χ3n) is 2.38. The molecule has 17 heavy (non-hydrogen) atoms. The zero-order valence-electron chi connectivity index (χ0n) is 9.76. The molecule has 0 spiro atoms. The van der Waals surface area contributed by atoms with E-state index in [1.165, 1.54) is 6.39 Å². The lowest BCUT2D eigenvalue weighted by atomic mass is 10.3. The van der Waals surface area contributed by atoms with Crippen molar-refractivity contribution in [2.24, 2.45) is 0 Å². The van der Waals surface area contributed by atoms with E-state index in [0.717, 1.165) is 30.1 Å². The minimum absolute atomic E-state index is 0.626. The molecule has 0 N–H and O–H groups in total. The summed E-state index contributed by atoms with van der Waals surface area (Å²) < 4.78 is 16.0. The number of methoxy groups -OCH3 is 1. The molecule has 4 heteroatoms. The van der Waals surface area contributed by atoms with Crippen molar-refractivity contribution in [3.63, 3.8) is 0 Å². The molecule has 2 aromatic rings. The molecule has 0 aliphatic heterocycles. The first-order valence-electron chi connectivity index (χ1n) is 5.53. The molecule has 0 saturated carbocycles. The van der Waals surface area contributed by atoms with Gasteiger partial charge in [-0.3, -0.25) is 0 Å². The van der Waals surface area contributed by atoms with E-state index in [2.05, 4.69) is 4.98 Å². The summed E-state index contributed by atoms with van der Waals surface area (Å²) >= 11 is 0. The molecule has 0 saturated heterocycles. The lowest BCUT2D eigenvalue weighted by Crippen LogP contribution is -2.00. The van der Waals surface area contributed by atoms with Gasteiger partial charge in [-0.15, -0.1) is 0 Å². The molecule has 0 atom stereocenters. The van der Waals surface area contributed by atoms with E-state index < -0.39 is 0 Å². The van der Waals surface area contributed by atoms with E-state index in [9.17, 15) is 0 Å². The van der Waals surface area contributed by atoms with Crippen LogP contribution in [0.3, 0.4) is 0 Å². The highest BCUT2D eigenvalue weighted by Gasteiger charge is 2.02. The van der Waals surface area contributed by atoms with Gasteiger partial charge < -0.3 is 13.9 Å². The molecule has 4 nitrogen and oxygen atoms in total. The van der Waals surface area contributed by atoms with Crippen molar-refractivity contribution in [1.82, 2.24) is 4.98 Å².